The molecule has 0 bridgehead atoms. The fourth-order valence-electron chi connectivity index (χ4n) is 1.97. The Bertz CT molecular complexity index is 350. The fourth-order valence-corrected chi connectivity index (χ4v) is 1.97. The van der Waals surface area contributed by atoms with E-state index in [4.69, 9.17) is 0 Å². The number of rotatable bonds is 3. The van der Waals surface area contributed by atoms with Crippen LogP contribution in [0.15, 0.2) is 0 Å². The number of alkyl carbamates (subject to hydrolysis) is 1. The van der Waals surface area contributed by atoms with Crippen LogP contribution >= 0.6 is 0 Å². The lowest BCUT2D eigenvalue weighted by molar-refractivity contribution is -0.160. The van der Waals surface area contributed by atoms with Crippen molar-refractivity contribution in [3.63, 3.8) is 0 Å². The van der Waals surface area contributed by atoms with Gasteiger partial charge in [0, 0.05) is 25.0 Å². The molecule has 0 saturated carbocycles. The van der Waals surface area contributed by atoms with Crippen LogP contribution in [0.5, 0.6) is 0 Å². The molecule has 0 aliphatic carbocycles. The number of nitrogens with one attached hydrogen (secondary N) is 1. The summed E-state index contributed by atoms with van der Waals surface area (Å²) >= 11 is 0. The minimum atomic E-state index is -4.52. The van der Waals surface area contributed by atoms with Gasteiger partial charge in [-0.25, -0.2) is 4.79 Å². The highest BCUT2D eigenvalue weighted by Gasteiger charge is 2.30. The summed E-state index contributed by atoms with van der Waals surface area (Å²) in [5, 5.41) is 2.38. The number of halogens is 3. The van der Waals surface area contributed by atoms with Gasteiger partial charge in [-0.05, 0) is 12.8 Å². The third-order valence-electron chi connectivity index (χ3n) is 2.99. The van der Waals surface area contributed by atoms with Crippen molar-refractivity contribution in [3.8, 4) is 0 Å². The number of hydrogen-bond donors (Lipinski definition) is 1. The summed E-state index contributed by atoms with van der Waals surface area (Å²) in [5.41, 5.74) is 0. The highest BCUT2D eigenvalue weighted by Crippen LogP contribution is 2.16. The van der Waals surface area contributed by atoms with Crippen molar-refractivity contribution in [2.24, 2.45) is 5.92 Å². The molecule has 0 unspecified atom stereocenters. The molecule has 1 fully saturated rings. The van der Waals surface area contributed by atoms with Crippen LogP contribution in [-0.2, 0) is 9.53 Å². The largest absolute Gasteiger partial charge is 0.440 e. The second kappa shape index (κ2) is 6.81. The van der Waals surface area contributed by atoms with Gasteiger partial charge >= 0.3 is 12.3 Å². The van der Waals surface area contributed by atoms with E-state index in [0.29, 0.717) is 25.9 Å². The van der Waals surface area contributed by atoms with Crippen LogP contribution in [-0.4, -0.2) is 48.8 Å². The van der Waals surface area contributed by atoms with Gasteiger partial charge < -0.3 is 15.0 Å². The van der Waals surface area contributed by atoms with Crippen LogP contribution in [0.25, 0.3) is 0 Å². The molecule has 0 atom stereocenters. The highest BCUT2D eigenvalue weighted by molar-refractivity contribution is 5.78. The first-order valence-electron chi connectivity index (χ1n) is 6.48. The number of hydrogen-bond acceptors (Lipinski definition) is 3. The van der Waals surface area contributed by atoms with Crippen molar-refractivity contribution in [3.05, 3.63) is 0 Å². The van der Waals surface area contributed by atoms with E-state index in [-0.39, 0.29) is 17.9 Å². The molecule has 1 rings (SSSR count). The molecule has 2 amide bonds. The predicted molar refractivity (Wildman–Crippen MR) is 65.0 cm³/mol. The molecule has 0 aromatic heterocycles. The second-order valence-corrected chi connectivity index (χ2v) is 5.09. The zero-order chi connectivity index (χ0) is 15.3. The molecule has 1 N–H and O–H groups in total. The van der Waals surface area contributed by atoms with E-state index < -0.39 is 18.9 Å². The molecule has 8 heteroatoms. The minimum Gasteiger partial charge on any atom is -0.440 e. The molecular weight excluding hydrogens is 277 g/mol. The van der Waals surface area contributed by atoms with Crippen LogP contribution in [0.4, 0.5) is 18.0 Å². The smallest absolute Gasteiger partial charge is 0.422 e. The highest BCUT2D eigenvalue weighted by atomic mass is 19.4. The summed E-state index contributed by atoms with van der Waals surface area (Å²) in [6.07, 6.45) is -4.57. The van der Waals surface area contributed by atoms with Crippen molar-refractivity contribution in [1.82, 2.24) is 10.2 Å². The molecular formula is C12H19F3N2O3. The Morgan fingerprint density at radius 1 is 1.30 bits per heavy atom. The number of amides is 2. The van der Waals surface area contributed by atoms with Gasteiger partial charge in [0.1, 0.15) is 0 Å². The summed E-state index contributed by atoms with van der Waals surface area (Å²) in [5.74, 6) is -0.0423. The predicted octanol–water partition coefficient (Wildman–Crippen LogP) is 1.92. The second-order valence-electron chi connectivity index (χ2n) is 5.09. The Kier molecular flexibility index (Phi) is 5.64. The Labute approximate surface area is 115 Å². The maximum absolute atomic E-state index is 11.9. The SMILES string of the molecule is CC(C)C(=O)N1CCC(NC(=O)OCC(F)(F)F)CC1. The van der Waals surface area contributed by atoms with Gasteiger partial charge in [-0.3, -0.25) is 4.79 Å². The molecule has 5 nitrogen and oxygen atoms in total. The molecule has 1 aliphatic rings. The average Bonchev–Trinajstić information content (AvgIpc) is 2.35. The van der Waals surface area contributed by atoms with Crippen molar-refractivity contribution >= 4 is 12.0 Å². The number of nitrogens with zero attached hydrogens (tertiary/aromatic N) is 1. The first-order chi connectivity index (χ1) is 9.19. The zero-order valence-electron chi connectivity index (χ0n) is 11.5. The summed E-state index contributed by atoms with van der Waals surface area (Å²) in [4.78, 5) is 24.6. The van der Waals surface area contributed by atoms with Gasteiger partial charge in [0.25, 0.3) is 0 Å². The van der Waals surface area contributed by atoms with Crippen LogP contribution in [0.2, 0.25) is 0 Å². The molecule has 0 radical (unpaired) electrons. The van der Waals surface area contributed by atoms with E-state index in [2.05, 4.69) is 10.1 Å². The van der Waals surface area contributed by atoms with E-state index in [1.165, 1.54) is 0 Å². The average molecular weight is 296 g/mol. The standard InChI is InChI=1S/C12H19F3N2O3/c1-8(2)10(18)17-5-3-9(4-6-17)16-11(19)20-7-12(13,14)15/h8-9H,3-7H2,1-2H3,(H,16,19). The van der Waals surface area contributed by atoms with Crippen molar-refractivity contribution in [2.45, 2.75) is 38.9 Å². The molecule has 20 heavy (non-hydrogen) atoms. The molecule has 0 aromatic carbocycles. The molecule has 1 heterocycles. The van der Waals surface area contributed by atoms with Crippen molar-refractivity contribution in [1.29, 1.82) is 0 Å². The maximum Gasteiger partial charge on any atom is 0.422 e. The summed E-state index contributed by atoms with van der Waals surface area (Å²) < 4.78 is 39.6. The lowest BCUT2D eigenvalue weighted by Crippen LogP contribution is -2.47. The normalized spacial score (nSPS) is 17.2. The topological polar surface area (TPSA) is 58.6 Å². The first-order valence-corrected chi connectivity index (χ1v) is 6.48. The number of piperidine rings is 1. The van der Waals surface area contributed by atoms with Gasteiger partial charge in [-0.1, -0.05) is 13.8 Å². The van der Waals surface area contributed by atoms with Gasteiger partial charge in [0.2, 0.25) is 5.91 Å². The molecule has 0 spiro atoms. The first kappa shape index (κ1) is 16.6. The van der Waals surface area contributed by atoms with E-state index in [1.807, 2.05) is 0 Å². The van der Waals surface area contributed by atoms with Gasteiger partial charge in [0.15, 0.2) is 6.61 Å². The number of carbonyl (C=O) groups is 2. The lowest BCUT2D eigenvalue weighted by Gasteiger charge is -2.33. The number of ether oxygens (including phenoxy) is 1. The summed E-state index contributed by atoms with van der Waals surface area (Å²) in [7, 11) is 0. The van der Waals surface area contributed by atoms with Crippen molar-refractivity contribution in [2.75, 3.05) is 19.7 Å². The van der Waals surface area contributed by atoms with Gasteiger partial charge in [0.05, 0.1) is 0 Å². The van der Waals surface area contributed by atoms with E-state index in [1.54, 1.807) is 18.7 Å². The number of alkyl halides is 3. The summed E-state index contributed by atoms with van der Waals surface area (Å²) in [6.45, 7) is 2.99. The van der Waals surface area contributed by atoms with Crippen LogP contribution in [0.1, 0.15) is 26.7 Å². The minimum absolute atomic E-state index is 0.0445. The van der Waals surface area contributed by atoms with Crippen LogP contribution in [0.3, 0.4) is 0 Å². The fraction of sp³-hybridized carbons (Fsp3) is 0.833. The number of likely N-dealkylation sites (tertiary alicyclic amines) is 1. The lowest BCUT2D eigenvalue weighted by atomic mass is 10.0. The quantitative estimate of drug-likeness (QED) is 0.865. The molecule has 0 aromatic rings. The van der Waals surface area contributed by atoms with E-state index >= 15 is 0 Å². The third-order valence-corrected chi connectivity index (χ3v) is 2.99. The zero-order valence-corrected chi connectivity index (χ0v) is 11.5. The van der Waals surface area contributed by atoms with Crippen LogP contribution < -0.4 is 5.32 Å². The van der Waals surface area contributed by atoms with Crippen molar-refractivity contribution < 1.29 is 27.5 Å². The Balaban J connectivity index is 2.29. The van der Waals surface area contributed by atoms with E-state index in [9.17, 15) is 22.8 Å². The molecule has 116 valence electrons. The van der Waals surface area contributed by atoms with Gasteiger partial charge in [-0.15, -0.1) is 0 Å². The Morgan fingerprint density at radius 2 is 1.85 bits per heavy atom. The van der Waals surface area contributed by atoms with Crippen LogP contribution in [0, 0.1) is 5.92 Å². The van der Waals surface area contributed by atoms with E-state index in [0.717, 1.165) is 0 Å². The maximum atomic E-state index is 11.9. The monoisotopic (exact) mass is 296 g/mol. The number of carbonyl (C=O) groups excluding carboxylic acids is 2. The summed E-state index contributed by atoms with van der Waals surface area (Å²) in [6, 6.07) is -0.257. The Hall–Kier alpha value is -1.47. The van der Waals surface area contributed by atoms with Gasteiger partial charge in [-0.2, -0.15) is 13.2 Å². The molecule has 1 aliphatic heterocycles. The third kappa shape index (κ3) is 5.66. The Morgan fingerprint density at radius 3 is 2.30 bits per heavy atom. The molecule has 1 saturated heterocycles.